The van der Waals surface area contributed by atoms with E-state index in [1.807, 2.05) is 0 Å². The lowest BCUT2D eigenvalue weighted by Gasteiger charge is -2.33. The summed E-state index contributed by atoms with van der Waals surface area (Å²) in [6, 6.07) is 0. The molecule has 0 aliphatic carbocycles. The molecule has 0 spiro atoms. The minimum atomic E-state index is -3.12. The molecule has 1 heterocycles. The minimum absolute atomic E-state index is 0.125. The largest absolute Gasteiger partial charge is 0.395 e. The summed E-state index contributed by atoms with van der Waals surface area (Å²) in [7, 11) is -3.12. The van der Waals surface area contributed by atoms with Gasteiger partial charge in [0.05, 0.1) is 12.4 Å². The molecule has 1 aliphatic rings. The highest BCUT2D eigenvalue weighted by atomic mass is 32.2. The zero-order valence-corrected chi connectivity index (χ0v) is 10.3. The van der Waals surface area contributed by atoms with Gasteiger partial charge in [0.25, 0.3) is 0 Å². The Balaban J connectivity index is 2.40. The predicted molar refractivity (Wildman–Crippen MR) is 62.6 cm³/mol. The van der Waals surface area contributed by atoms with Crippen LogP contribution in [-0.4, -0.2) is 74.4 Å². The zero-order valence-electron chi connectivity index (χ0n) is 9.51. The van der Waals surface area contributed by atoms with Crippen molar-refractivity contribution in [1.82, 2.24) is 9.21 Å². The fourth-order valence-electron chi connectivity index (χ4n) is 1.77. The van der Waals surface area contributed by atoms with E-state index < -0.39 is 10.0 Å². The first-order chi connectivity index (χ1) is 7.60. The Morgan fingerprint density at radius 2 is 1.81 bits per heavy atom. The van der Waals surface area contributed by atoms with E-state index >= 15 is 0 Å². The van der Waals surface area contributed by atoms with E-state index in [2.05, 4.69) is 4.90 Å². The number of sulfonamides is 1. The zero-order chi connectivity index (χ0) is 12.0. The van der Waals surface area contributed by atoms with Crippen LogP contribution in [0.4, 0.5) is 0 Å². The average Bonchev–Trinajstić information content (AvgIpc) is 2.28. The van der Waals surface area contributed by atoms with Crippen molar-refractivity contribution in [3.63, 3.8) is 0 Å². The van der Waals surface area contributed by atoms with Crippen LogP contribution in [0, 0.1) is 0 Å². The third kappa shape index (κ3) is 3.99. The summed E-state index contributed by atoms with van der Waals surface area (Å²) in [6.07, 6.45) is 0.513. The molecule has 0 atom stereocenters. The van der Waals surface area contributed by atoms with Gasteiger partial charge >= 0.3 is 0 Å². The lowest BCUT2D eigenvalue weighted by Crippen LogP contribution is -2.49. The molecule has 0 aromatic carbocycles. The van der Waals surface area contributed by atoms with Crippen LogP contribution >= 0.6 is 0 Å². The fourth-order valence-corrected chi connectivity index (χ4v) is 3.28. The molecule has 1 rings (SSSR count). The van der Waals surface area contributed by atoms with Gasteiger partial charge in [-0.1, -0.05) is 0 Å². The van der Waals surface area contributed by atoms with E-state index in [0.29, 0.717) is 45.7 Å². The van der Waals surface area contributed by atoms with E-state index in [9.17, 15) is 8.42 Å². The third-order valence-corrected chi connectivity index (χ3v) is 4.70. The van der Waals surface area contributed by atoms with Gasteiger partial charge in [0, 0.05) is 32.7 Å². The molecule has 7 heteroatoms. The number of aliphatic hydroxyl groups excluding tert-OH is 1. The number of hydrogen-bond acceptors (Lipinski definition) is 5. The van der Waals surface area contributed by atoms with Crippen molar-refractivity contribution in [3.05, 3.63) is 0 Å². The van der Waals surface area contributed by atoms with Crippen LogP contribution in [0.3, 0.4) is 0 Å². The summed E-state index contributed by atoms with van der Waals surface area (Å²) in [5, 5.41) is 8.77. The molecule has 6 nitrogen and oxygen atoms in total. The second-order valence-corrected chi connectivity index (χ2v) is 6.01. The number of rotatable bonds is 6. The Hall–Kier alpha value is -0.210. The van der Waals surface area contributed by atoms with Gasteiger partial charge in [-0.15, -0.1) is 0 Å². The second-order valence-electron chi connectivity index (χ2n) is 3.92. The summed E-state index contributed by atoms with van der Waals surface area (Å²) < 4.78 is 25.1. The van der Waals surface area contributed by atoms with Crippen molar-refractivity contribution >= 4 is 10.0 Å². The van der Waals surface area contributed by atoms with Gasteiger partial charge in [0.2, 0.25) is 10.0 Å². The van der Waals surface area contributed by atoms with Crippen molar-refractivity contribution < 1.29 is 13.5 Å². The van der Waals surface area contributed by atoms with Crippen LogP contribution in [0.25, 0.3) is 0 Å². The molecule has 1 fully saturated rings. The van der Waals surface area contributed by atoms with E-state index in [0.717, 1.165) is 0 Å². The molecular weight excluding hydrogens is 230 g/mol. The molecule has 0 saturated carbocycles. The molecule has 96 valence electrons. The first kappa shape index (κ1) is 13.9. The summed E-state index contributed by atoms with van der Waals surface area (Å²) in [4.78, 5) is 2.06. The van der Waals surface area contributed by atoms with E-state index in [1.165, 1.54) is 4.31 Å². The maximum Gasteiger partial charge on any atom is 0.214 e. The van der Waals surface area contributed by atoms with E-state index in [4.69, 9.17) is 10.8 Å². The van der Waals surface area contributed by atoms with Gasteiger partial charge in [0.15, 0.2) is 0 Å². The third-order valence-electron chi connectivity index (χ3n) is 2.75. The normalized spacial score (nSPS) is 20.1. The summed E-state index contributed by atoms with van der Waals surface area (Å²) in [5.74, 6) is 0.142. The highest BCUT2D eigenvalue weighted by molar-refractivity contribution is 7.89. The van der Waals surface area contributed by atoms with E-state index in [-0.39, 0.29) is 12.4 Å². The first-order valence-electron chi connectivity index (χ1n) is 5.61. The van der Waals surface area contributed by atoms with Crippen LogP contribution in [0.15, 0.2) is 0 Å². The molecule has 0 aromatic heterocycles. The smallest absolute Gasteiger partial charge is 0.214 e. The lowest BCUT2D eigenvalue weighted by molar-refractivity contribution is 0.151. The Labute approximate surface area is 97.1 Å². The Bertz CT molecular complexity index is 286. The molecule has 16 heavy (non-hydrogen) atoms. The number of nitrogens with zero attached hydrogens (tertiary/aromatic N) is 2. The van der Waals surface area contributed by atoms with Gasteiger partial charge < -0.3 is 10.8 Å². The topological polar surface area (TPSA) is 86.9 Å². The van der Waals surface area contributed by atoms with Crippen molar-refractivity contribution in [2.24, 2.45) is 5.73 Å². The van der Waals surface area contributed by atoms with Crippen LogP contribution in [0.2, 0.25) is 0 Å². The fraction of sp³-hybridized carbons (Fsp3) is 1.00. The number of piperazine rings is 1. The van der Waals surface area contributed by atoms with Crippen molar-refractivity contribution in [2.75, 3.05) is 51.6 Å². The highest BCUT2D eigenvalue weighted by Gasteiger charge is 2.25. The quantitative estimate of drug-likeness (QED) is 0.586. The second kappa shape index (κ2) is 6.51. The predicted octanol–water partition coefficient (Wildman–Crippen LogP) is -1.73. The standard InChI is InChI=1S/C9H21N3O3S/c10-2-1-9-16(14,15)12-5-3-11(4-6-12)7-8-13/h13H,1-10H2. The molecular formula is C9H21N3O3S. The monoisotopic (exact) mass is 251 g/mol. The molecule has 0 amide bonds. The average molecular weight is 251 g/mol. The van der Waals surface area contributed by atoms with Crippen molar-refractivity contribution in [3.8, 4) is 0 Å². The number of hydrogen-bond donors (Lipinski definition) is 2. The molecule has 1 saturated heterocycles. The molecule has 0 aromatic rings. The number of β-amino-alcohol motifs (C(OH)–C–C–N with tert-alkyl or cyclic N) is 1. The lowest BCUT2D eigenvalue weighted by atomic mass is 10.4. The summed E-state index contributed by atoms with van der Waals surface area (Å²) in [5.41, 5.74) is 5.31. The summed E-state index contributed by atoms with van der Waals surface area (Å²) >= 11 is 0. The molecule has 0 unspecified atom stereocenters. The van der Waals surface area contributed by atoms with Crippen LogP contribution < -0.4 is 5.73 Å². The van der Waals surface area contributed by atoms with Gasteiger partial charge in [-0.2, -0.15) is 4.31 Å². The van der Waals surface area contributed by atoms with Crippen LogP contribution in [-0.2, 0) is 10.0 Å². The summed E-state index contributed by atoms with van der Waals surface area (Å²) in [6.45, 7) is 3.59. The van der Waals surface area contributed by atoms with Gasteiger partial charge in [0.1, 0.15) is 0 Å². The molecule has 0 bridgehead atoms. The first-order valence-corrected chi connectivity index (χ1v) is 7.22. The maximum atomic E-state index is 11.8. The Morgan fingerprint density at radius 3 is 2.31 bits per heavy atom. The van der Waals surface area contributed by atoms with Crippen LogP contribution in [0.1, 0.15) is 6.42 Å². The van der Waals surface area contributed by atoms with Gasteiger partial charge in [-0.05, 0) is 13.0 Å². The maximum absolute atomic E-state index is 11.8. The Morgan fingerprint density at radius 1 is 1.19 bits per heavy atom. The van der Waals surface area contributed by atoms with Gasteiger partial charge in [-0.3, -0.25) is 4.90 Å². The minimum Gasteiger partial charge on any atom is -0.395 e. The number of nitrogens with two attached hydrogens (primary N) is 1. The highest BCUT2D eigenvalue weighted by Crippen LogP contribution is 2.08. The van der Waals surface area contributed by atoms with Crippen LogP contribution in [0.5, 0.6) is 0 Å². The van der Waals surface area contributed by atoms with Crippen molar-refractivity contribution in [1.29, 1.82) is 0 Å². The van der Waals surface area contributed by atoms with E-state index in [1.54, 1.807) is 0 Å². The van der Waals surface area contributed by atoms with Gasteiger partial charge in [-0.25, -0.2) is 8.42 Å². The molecule has 0 radical (unpaired) electrons. The van der Waals surface area contributed by atoms with Crippen molar-refractivity contribution in [2.45, 2.75) is 6.42 Å². The number of aliphatic hydroxyl groups is 1. The molecule has 1 aliphatic heterocycles. The molecule has 3 N–H and O–H groups in total. The Kier molecular flexibility index (Phi) is 5.63. The SMILES string of the molecule is NCCCS(=O)(=O)N1CCN(CCO)CC1.